The van der Waals surface area contributed by atoms with Crippen molar-refractivity contribution in [3.8, 4) is 23.0 Å². The van der Waals surface area contributed by atoms with Crippen LogP contribution in [0.3, 0.4) is 0 Å². The Morgan fingerprint density at radius 3 is 2.35 bits per heavy atom. The van der Waals surface area contributed by atoms with Crippen LogP contribution in [0.25, 0.3) is 0 Å². The molecular weight excluding hydrogens is 500 g/mol. The highest BCUT2D eigenvalue weighted by Gasteiger charge is 2.26. The van der Waals surface area contributed by atoms with Crippen LogP contribution >= 0.6 is 0 Å². The Morgan fingerprint density at radius 2 is 1.68 bits per heavy atom. The molecule has 0 saturated heterocycles. The van der Waals surface area contributed by atoms with Gasteiger partial charge in [-0.3, -0.25) is 0 Å². The second-order valence-corrected chi connectivity index (χ2v) is 11.3. The first-order chi connectivity index (χ1) is 19.3. The van der Waals surface area contributed by atoms with Gasteiger partial charge in [0.15, 0.2) is 11.5 Å². The van der Waals surface area contributed by atoms with E-state index in [1.807, 2.05) is 6.07 Å². The Labute approximate surface area is 240 Å². The third-order valence-corrected chi connectivity index (χ3v) is 7.83. The molecule has 3 aromatic rings. The summed E-state index contributed by atoms with van der Waals surface area (Å²) in [5, 5.41) is 9.95. The van der Waals surface area contributed by atoms with Gasteiger partial charge in [-0.2, -0.15) is 0 Å². The molecule has 1 N–H and O–H groups in total. The highest BCUT2D eigenvalue weighted by molar-refractivity contribution is 5.64. The van der Waals surface area contributed by atoms with Crippen LogP contribution in [-0.2, 0) is 19.4 Å². The van der Waals surface area contributed by atoms with E-state index in [1.54, 1.807) is 20.3 Å². The SMILES string of the molecule is CCN(Cc1ccc(OCCN(C)CC(C)C)cc1)c1cc(OC)c(OC)cc1C1CCc2cc(O)ccc2C1. The summed E-state index contributed by atoms with van der Waals surface area (Å²) >= 11 is 0. The molecule has 0 aromatic heterocycles. The number of ether oxygens (including phenoxy) is 3. The van der Waals surface area contributed by atoms with Crippen LogP contribution < -0.4 is 19.1 Å². The number of benzene rings is 3. The second-order valence-electron chi connectivity index (χ2n) is 11.3. The summed E-state index contributed by atoms with van der Waals surface area (Å²) in [7, 11) is 5.54. The van der Waals surface area contributed by atoms with Gasteiger partial charge in [0.25, 0.3) is 0 Å². The van der Waals surface area contributed by atoms with E-state index in [4.69, 9.17) is 14.2 Å². The number of phenols is 1. The fourth-order valence-corrected chi connectivity index (χ4v) is 5.80. The number of likely N-dealkylation sites (N-methyl/N-ethyl adjacent to an activating group) is 1. The lowest BCUT2D eigenvalue weighted by atomic mass is 9.79. The number of phenolic OH excluding ortho intramolecular Hbond substituents is 1. The van der Waals surface area contributed by atoms with Gasteiger partial charge in [-0.1, -0.05) is 32.0 Å². The Hall–Kier alpha value is -3.38. The van der Waals surface area contributed by atoms with E-state index >= 15 is 0 Å². The van der Waals surface area contributed by atoms with E-state index in [1.165, 1.54) is 27.9 Å². The standard InChI is InChI=1S/C34H46N2O4/c1-7-36(23-25-8-14-30(15-9-25)40-17-16-35(4)22-24(2)3)32-21-34(39-6)33(38-5)20-31(32)28-11-10-27-19-29(37)13-12-26(27)18-28/h8-9,12-15,19-21,24,28,37H,7,10-11,16-18,22-23H2,1-6H3. The van der Waals surface area contributed by atoms with E-state index in [2.05, 4.69) is 80.1 Å². The van der Waals surface area contributed by atoms with Gasteiger partial charge in [-0.05, 0) is 97.7 Å². The van der Waals surface area contributed by atoms with Crippen LogP contribution in [0.15, 0.2) is 54.6 Å². The van der Waals surface area contributed by atoms with Gasteiger partial charge in [0.1, 0.15) is 18.1 Å². The van der Waals surface area contributed by atoms with Crippen LogP contribution in [0.5, 0.6) is 23.0 Å². The summed E-state index contributed by atoms with van der Waals surface area (Å²) in [5.41, 5.74) is 6.25. The molecule has 0 fully saturated rings. The third kappa shape index (κ3) is 7.42. The van der Waals surface area contributed by atoms with Crippen molar-refractivity contribution in [3.05, 3.63) is 76.9 Å². The lowest BCUT2D eigenvalue weighted by Crippen LogP contribution is -2.27. The fourth-order valence-electron chi connectivity index (χ4n) is 5.80. The molecule has 1 unspecified atom stereocenters. The third-order valence-electron chi connectivity index (χ3n) is 7.83. The van der Waals surface area contributed by atoms with Gasteiger partial charge in [0.05, 0.1) is 14.2 Å². The molecule has 0 aliphatic heterocycles. The second kappa shape index (κ2) is 13.8. The number of rotatable bonds is 13. The van der Waals surface area contributed by atoms with E-state index in [0.717, 1.165) is 62.7 Å². The van der Waals surface area contributed by atoms with Crippen LogP contribution in [0.2, 0.25) is 0 Å². The summed E-state index contributed by atoms with van der Waals surface area (Å²) < 4.78 is 17.5. The minimum Gasteiger partial charge on any atom is -0.508 e. The molecule has 0 bridgehead atoms. The molecule has 6 heteroatoms. The molecule has 0 amide bonds. The molecule has 0 saturated carbocycles. The largest absolute Gasteiger partial charge is 0.508 e. The monoisotopic (exact) mass is 546 g/mol. The number of nitrogens with zero attached hydrogens (tertiary/aromatic N) is 2. The van der Waals surface area contributed by atoms with Crippen LogP contribution in [-0.4, -0.2) is 57.5 Å². The van der Waals surface area contributed by atoms with Gasteiger partial charge in [0, 0.05) is 37.9 Å². The van der Waals surface area contributed by atoms with Gasteiger partial charge >= 0.3 is 0 Å². The van der Waals surface area contributed by atoms with Crippen molar-refractivity contribution in [2.24, 2.45) is 5.92 Å². The smallest absolute Gasteiger partial charge is 0.162 e. The molecule has 3 aromatic carbocycles. The van der Waals surface area contributed by atoms with Crippen molar-refractivity contribution in [2.45, 2.75) is 52.5 Å². The molecule has 0 spiro atoms. The maximum Gasteiger partial charge on any atom is 0.162 e. The summed E-state index contributed by atoms with van der Waals surface area (Å²) in [6.45, 7) is 11.0. The Morgan fingerprint density at radius 1 is 0.950 bits per heavy atom. The molecule has 1 aliphatic rings. The first-order valence-corrected chi connectivity index (χ1v) is 14.5. The minimum atomic E-state index is 0.344. The Bertz CT molecular complexity index is 1240. The zero-order valence-electron chi connectivity index (χ0n) is 25.1. The number of hydrogen-bond acceptors (Lipinski definition) is 6. The summed E-state index contributed by atoms with van der Waals surface area (Å²) in [6, 6.07) is 18.6. The molecule has 1 aliphatic carbocycles. The predicted molar refractivity (Wildman–Crippen MR) is 163 cm³/mol. The highest BCUT2D eigenvalue weighted by atomic mass is 16.5. The summed E-state index contributed by atoms with van der Waals surface area (Å²) in [4.78, 5) is 4.73. The number of aryl methyl sites for hydroxylation is 1. The van der Waals surface area contributed by atoms with Crippen molar-refractivity contribution in [3.63, 3.8) is 0 Å². The number of hydrogen-bond donors (Lipinski definition) is 1. The van der Waals surface area contributed by atoms with Gasteiger partial charge in [0.2, 0.25) is 0 Å². The first kappa shape index (κ1) is 29.6. The average Bonchev–Trinajstić information content (AvgIpc) is 2.95. The zero-order chi connectivity index (χ0) is 28.6. The van der Waals surface area contributed by atoms with Crippen molar-refractivity contribution in [2.75, 3.05) is 52.4 Å². The lowest BCUT2D eigenvalue weighted by molar-refractivity contribution is 0.223. The number of methoxy groups -OCH3 is 2. The van der Waals surface area contributed by atoms with Crippen LogP contribution in [0.1, 0.15) is 55.4 Å². The minimum absolute atomic E-state index is 0.344. The average molecular weight is 547 g/mol. The Balaban J connectivity index is 1.52. The van der Waals surface area contributed by atoms with Crippen molar-refractivity contribution in [1.82, 2.24) is 4.90 Å². The van der Waals surface area contributed by atoms with Gasteiger partial charge in [-0.25, -0.2) is 0 Å². The van der Waals surface area contributed by atoms with E-state index < -0.39 is 0 Å². The normalized spacial score (nSPS) is 14.8. The summed E-state index contributed by atoms with van der Waals surface area (Å²) in [6.07, 6.45) is 2.91. The Kier molecular flexibility index (Phi) is 10.2. The molecule has 216 valence electrons. The highest BCUT2D eigenvalue weighted by Crippen LogP contribution is 2.43. The number of aromatic hydroxyl groups is 1. The van der Waals surface area contributed by atoms with Crippen molar-refractivity contribution in [1.29, 1.82) is 0 Å². The van der Waals surface area contributed by atoms with Gasteiger partial charge in [-0.15, -0.1) is 0 Å². The summed E-state index contributed by atoms with van der Waals surface area (Å²) in [5.74, 6) is 3.76. The first-order valence-electron chi connectivity index (χ1n) is 14.5. The maximum absolute atomic E-state index is 9.95. The predicted octanol–water partition coefficient (Wildman–Crippen LogP) is 6.68. The van der Waals surface area contributed by atoms with Gasteiger partial charge < -0.3 is 29.1 Å². The zero-order valence-corrected chi connectivity index (χ0v) is 25.1. The molecule has 40 heavy (non-hydrogen) atoms. The molecule has 6 nitrogen and oxygen atoms in total. The maximum atomic E-state index is 9.95. The van der Waals surface area contributed by atoms with Crippen LogP contribution in [0, 0.1) is 5.92 Å². The quantitative estimate of drug-likeness (QED) is 0.258. The topological polar surface area (TPSA) is 54.4 Å². The van der Waals surface area contributed by atoms with Crippen LogP contribution in [0.4, 0.5) is 5.69 Å². The van der Waals surface area contributed by atoms with E-state index in [-0.39, 0.29) is 0 Å². The van der Waals surface area contributed by atoms with E-state index in [0.29, 0.717) is 24.2 Å². The molecule has 1 atom stereocenters. The number of fused-ring (bicyclic) bond motifs is 1. The molecule has 0 heterocycles. The molecule has 4 rings (SSSR count). The number of anilines is 1. The fraction of sp³-hybridized carbons (Fsp3) is 0.471. The van der Waals surface area contributed by atoms with Crippen molar-refractivity contribution >= 4 is 5.69 Å². The van der Waals surface area contributed by atoms with Crippen molar-refractivity contribution < 1.29 is 19.3 Å². The van der Waals surface area contributed by atoms with E-state index in [9.17, 15) is 5.11 Å². The lowest BCUT2D eigenvalue weighted by Gasteiger charge is -2.32. The molecular formula is C34H46N2O4. The molecule has 0 radical (unpaired) electrons.